The maximum atomic E-state index is 3.83. The van der Waals surface area contributed by atoms with E-state index in [0.717, 1.165) is 17.9 Å². The minimum absolute atomic E-state index is 0.772. The van der Waals surface area contributed by atoms with Gasteiger partial charge in [0.1, 0.15) is 0 Å². The summed E-state index contributed by atoms with van der Waals surface area (Å²) in [6.45, 7) is 9.96. The van der Waals surface area contributed by atoms with Gasteiger partial charge in [-0.05, 0) is 50.6 Å². The summed E-state index contributed by atoms with van der Waals surface area (Å²) in [5, 5.41) is 3.83. The molecule has 0 aromatic rings. The molecule has 17 heavy (non-hydrogen) atoms. The first-order valence-corrected chi connectivity index (χ1v) is 7.73. The minimum Gasteiger partial charge on any atom is -0.312 e. The Morgan fingerprint density at radius 3 is 2.24 bits per heavy atom. The van der Waals surface area contributed by atoms with Crippen LogP contribution in [0.3, 0.4) is 0 Å². The Bertz CT molecular complexity index is 201. The van der Waals surface area contributed by atoms with Crippen molar-refractivity contribution in [1.82, 2.24) is 10.2 Å². The first kappa shape index (κ1) is 13.4. The Labute approximate surface area is 107 Å². The number of hydrogen-bond acceptors (Lipinski definition) is 2. The van der Waals surface area contributed by atoms with E-state index in [0.29, 0.717) is 0 Å². The normalized spacial score (nSPS) is 36.0. The maximum Gasteiger partial charge on any atom is 0.0119 e. The monoisotopic (exact) mass is 238 g/mol. The molecule has 2 rings (SSSR count). The summed E-state index contributed by atoms with van der Waals surface area (Å²) in [6.07, 6.45) is 8.55. The predicted octanol–water partition coefficient (Wildman–Crippen LogP) is 2.89. The lowest BCUT2D eigenvalue weighted by Gasteiger charge is -2.36. The summed E-state index contributed by atoms with van der Waals surface area (Å²) in [5.41, 5.74) is 0. The number of nitrogens with zero attached hydrogens (tertiary/aromatic N) is 1. The van der Waals surface area contributed by atoms with Gasteiger partial charge in [-0.15, -0.1) is 0 Å². The lowest BCUT2D eigenvalue weighted by atomic mass is 9.79. The SMILES string of the molecule is CC1CCCC(C)C1NCCN1CCCCC1. The van der Waals surface area contributed by atoms with E-state index in [9.17, 15) is 0 Å². The molecule has 1 aliphatic carbocycles. The van der Waals surface area contributed by atoms with Gasteiger partial charge >= 0.3 is 0 Å². The van der Waals surface area contributed by atoms with E-state index in [4.69, 9.17) is 0 Å². The van der Waals surface area contributed by atoms with Gasteiger partial charge in [-0.2, -0.15) is 0 Å². The van der Waals surface area contributed by atoms with Crippen molar-refractivity contribution in [2.75, 3.05) is 26.2 Å². The fourth-order valence-electron chi connectivity index (χ4n) is 3.66. The Morgan fingerprint density at radius 1 is 0.941 bits per heavy atom. The third-order valence-corrected chi connectivity index (χ3v) is 4.80. The van der Waals surface area contributed by atoms with Crippen LogP contribution in [0.1, 0.15) is 52.4 Å². The standard InChI is InChI=1S/C15H30N2/c1-13-7-6-8-14(2)15(13)16-9-12-17-10-4-3-5-11-17/h13-16H,3-12H2,1-2H3. The van der Waals surface area contributed by atoms with Gasteiger partial charge in [0.15, 0.2) is 0 Å². The van der Waals surface area contributed by atoms with Crippen molar-refractivity contribution < 1.29 is 0 Å². The summed E-state index contributed by atoms with van der Waals surface area (Å²) in [5.74, 6) is 1.75. The molecular weight excluding hydrogens is 208 g/mol. The molecule has 1 aliphatic heterocycles. The van der Waals surface area contributed by atoms with Gasteiger partial charge in [0, 0.05) is 19.1 Å². The van der Waals surface area contributed by atoms with E-state index in [2.05, 4.69) is 24.1 Å². The molecule has 0 bridgehead atoms. The van der Waals surface area contributed by atoms with Gasteiger partial charge < -0.3 is 10.2 Å². The molecule has 0 aromatic carbocycles. The highest BCUT2D eigenvalue weighted by Gasteiger charge is 2.26. The summed E-state index contributed by atoms with van der Waals surface area (Å²) in [6, 6.07) is 0.772. The Hall–Kier alpha value is -0.0800. The van der Waals surface area contributed by atoms with Crippen LogP contribution in [-0.4, -0.2) is 37.1 Å². The second kappa shape index (κ2) is 6.75. The fraction of sp³-hybridized carbons (Fsp3) is 1.00. The van der Waals surface area contributed by atoms with Crippen molar-refractivity contribution in [3.8, 4) is 0 Å². The molecule has 1 heterocycles. The quantitative estimate of drug-likeness (QED) is 0.810. The van der Waals surface area contributed by atoms with Crippen LogP contribution in [0.25, 0.3) is 0 Å². The lowest BCUT2D eigenvalue weighted by molar-refractivity contribution is 0.186. The van der Waals surface area contributed by atoms with E-state index < -0.39 is 0 Å². The van der Waals surface area contributed by atoms with Crippen LogP contribution in [-0.2, 0) is 0 Å². The molecule has 0 spiro atoms. The third-order valence-electron chi connectivity index (χ3n) is 4.80. The molecule has 2 nitrogen and oxygen atoms in total. The van der Waals surface area contributed by atoms with E-state index in [1.165, 1.54) is 64.7 Å². The second-order valence-electron chi connectivity index (χ2n) is 6.27. The minimum atomic E-state index is 0.772. The zero-order valence-corrected chi connectivity index (χ0v) is 11.8. The number of piperidine rings is 1. The van der Waals surface area contributed by atoms with Crippen molar-refractivity contribution in [3.05, 3.63) is 0 Å². The fourth-order valence-corrected chi connectivity index (χ4v) is 3.66. The topological polar surface area (TPSA) is 15.3 Å². The van der Waals surface area contributed by atoms with Gasteiger partial charge in [-0.25, -0.2) is 0 Å². The van der Waals surface area contributed by atoms with E-state index in [1.54, 1.807) is 0 Å². The number of hydrogen-bond donors (Lipinski definition) is 1. The van der Waals surface area contributed by atoms with Gasteiger partial charge in [0.25, 0.3) is 0 Å². The summed E-state index contributed by atoms with van der Waals surface area (Å²) < 4.78 is 0. The molecule has 1 N–H and O–H groups in total. The second-order valence-corrected chi connectivity index (χ2v) is 6.27. The third kappa shape index (κ3) is 3.96. The molecule has 2 atom stereocenters. The molecule has 2 fully saturated rings. The van der Waals surface area contributed by atoms with Crippen LogP contribution < -0.4 is 5.32 Å². The van der Waals surface area contributed by atoms with Crippen molar-refractivity contribution in [2.24, 2.45) is 11.8 Å². The Balaban J connectivity index is 1.66. The molecule has 2 heteroatoms. The van der Waals surface area contributed by atoms with E-state index in [-0.39, 0.29) is 0 Å². The molecule has 100 valence electrons. The Morgan fingerprint density at radius 2 is 1.59 bits per heavy atom. The largest absolute Gasteiger partial charge is 0.312 e. The molecule has 0 amide bonds. The number of nitrogens with one attached hydrogen (secondary N) is 1. The lowest BCUT2D eigenvalue weighted by Crippen LogP contribution is -2.46. The van der Waals surface area contributed by atoms with Crippen LogP contribution in [0.2, 0.25) is 0 Å². The predicted molar refractivity (Wildman–Crippen MR) is 74.3 cm³/mol. The van der Waals surface area contributed by atoms with Gasteiger partial charge in [-0.3, -0.25) is 0 Å². The maximum absolute atomic E-state index is 3.83. The van der Waals surface area contributed by atoms with Crippen LogP contribution >= 0.6 is 0 Å². The van der Waals surface area contributed by atoms with Crippen molar-refractivity contribution >= 4 is 0 Å². The van der Waals surface area contributed by atoms with Crippen molar-refractivity contribution in [1.29, 1.82) is 0 Å². The van der Waals surface area contributed by atoms with Crippen LogP contribution in [0.15, 0.2) is 0 Å². The van der Waals surface area contributed by atoms with Crippen LogP contribution in [0.4, 0.5) is 0 Å². The average Bonchev–Trinajstić information content (AvgIpc) is 2.34. The highest BCUT2D eigenvalue weighted by molar-refractivity contribution is 4.83. The molecule has 0 radical (unpaired) electrons. The first-order valence-electron chi connectivity index (χ1n) is 7.73. The summed E-state index contributed by atoms with van der Waals surface area (Å²) >= 11 is 0. The summed E-state index contributed by atoms with van der Waals surface area (Å²) in [4.78, 5) is 2.63. The van der Waals surface area contributed by atoms with Crippen LogP contribution in [0.5, 0.6) is 0 Å². The van der Waals surface area contributed by atoms with E-state index >= 15 is 0 Å². The van der Waals surface area contributed by atoms with E-state index in [1.807, 2.05) is 0 Å². The van der Waals surface area contributed by atoms with Crippen LogP contribution in [0, 0.1) is 11.8 Å². The average molecular weight is 238 g/mol. The first-order chi connectivity index (χ1) is 8.27. The molecule has 0 aromatic heterocycles. The van der Waals surface area contributed by atoms with Gasteiger partial charge in [0.2, 0.25) is 0 Å². The molecule has 1 saturated heterocycles. The Kier molecular flexibility index (Phi) is 5.30. The van der Waals surface area contributed by atoms with Gasteiger partial charge in [-0.1, -0.05) is 26.7 Å². The highest BCUT2D eigenvalue weighted by atomic mass is 15.1. The molecule has 2 aliphatic rings. The zero-order valence-electron chi connectivity index (χ0n) is 11.8. The summed E-state index contributed by atoms with van der Waals surface area (Å²) in [7, 11) is 0. The highest BCUT2D eigenvalue weighted by Crippen LogP contribution is 2.28. The smallest absolute Gasteiger partial charge is 0.0119 e. The van der Waals surface area contributed by atoms with Crippen molar-refractivity contribution in [2.45, 2.75) is 58.4 Å². The number of likely N-dealkylation sites (tertiary alicyclic amines) is 1. The molecular formula is C15H30N2. The molecule has 2 unspecified atom stereocenters. The van der Waals surface area contributed by atoms with Gasteiger partial charge in [0.05, 0.1) is 0 Å². The zero-order chi connectivity index (χ0) is 12.1. The molecule has 1 saturated carbocycles. The van der Waals surface area contributed by atoms with Crippen molar-refractivity contribution in [3.63, 3.8) is 0 Å². The number of rotatable bonds is 4.